The number of nitrogens with zero attached hydrogens (tertiary/aromatic N) is 5. The van der Waals surface area contributed by atoms with Crippen molar-refractivity contribution in [3.8, 4) is 11.5 Å². The first-order chi connectivity index (χ1) is 23.2. The first-order valence-corrected chi connectivity index (χ1v) is 17.9. The quantitative estimate of drug-likeness (QED) is 0.267. The van der Waals surface area contributed by atoms with Crippen LogP contribution >= 0.6 is 0 Å². The minimum Gasteiger partial charge on any atom is -0.495 e. The van der Waals surface area contributed by atoms with E-state index in [1.807, 2.05) is 10.4 Å². The Morgan fingerprint density at radius 1 is 1.04 bits per heavy atom. The van der Waals surface area contributed by atoms with Gasteiger partial charge in [0.2, 0.25) is 17.8 Å². The van der Waals surface area contributed by atoms with Gasteiger partial charge in [-0.2, -0.15) is 8.78 Å². The van der Waals surface area contributed by atoms with Crippen molar-refractivity contribution in [1.82, 2.24) is 24.5 Å². The second-order valence-electron chi connectivity index (χ2n) is 12.9. The lowest BCUT2D eigenvalue weighted by Gasteiger charge is -2.43. The minimum atomic E-state index is -2.92. The summed E-state index contributed by atoms with van der Waals surface area (Å²) < 4.78 is 49.9. The number of amides is 2. The molecule has 4 saturated heterocycles. The molecular formula is C32H44F2N8O5S. The van der Waals surface area contributed by atoms with Gasteiger partial charge in [0, 0.05) is 68.2 Å². The van der Waals surface area contributed by atoms with Crippen molar-refractivity contribution in [2.24, 2.45) is 0 Å². The number of fused-ring (bicyclic) bond motifs is 2. The molecule has 0 radical (unpaired) electrons. The number of imide groups is 1. The molecule has 262 valence electrons. The summed E-state index contributed by atoms with van der Waals surface area (Å²) in [6, 6.07) is 4.58. The topological polar surface area (TPSA) is 141 Å². The second-order valence-corrected chi connectivity index (χ2v) is 14.4. The van der Waals surface area contributed by atoms with Crippen LogP contribution in [-0.4, -0.2) is 112 Å². The van der Waals surface area contributed by atoms with Crippen molar-refractivity contribution in [3.63, 3.8) is 0 Å². The van der Waals surface area contributed by atoms with E-state index in [0.717, 1.165) is 68.7 Å². The van der Waals surface area contributed by atoms with E-state index < -0.39 is 23.6 Å². The molecule has 4 aliphatic heterocycles. The molecule has 0 spiro atoms. The maximum atomic E-state index is 13.2. The van der Waals surface area contributed by atoms with Crippen LogP contribution in [0.5, 0.6) is 11.5 Å². The second kappa shape index (κ2) is 15.3. The normalized spacial score (nSPS) is 24.4. The first-order valence-electron chi connectivity index (χ1n) is 16.6. The van der Waals surface area contributed by atoms with Gasteiger partial charge in [-0.25, -0.2) is 18.5 Å². The molecule has 6 rings (SSSR count). The van der Waals surface area contributed by atoms with Gasteiger partial charge in [0.1, 0.15) is 11.8 Å². The molecule has 4 aliphatic rings. The zero-order valence-electron chi connectivity index (χ0n) is 27.3. The SMILES string of the molecule is COc1cc(N2CC3CCC(C2)N3CCCS(=O)N2CCC(Nc3ncc(OC(F)F)cn3)CC2)c(C)cc1NC1CCC(=O)NC1=O. The number of nitrogens with one attached hydrogen (secondary N) is 3. The third-order valence-corrected chi connectivity index (χ3v) is 11.3. The van der Waals surface area contributed by atoms with E-state index in [-0.39, 0.29) is 23.6 Å². The summed E-state index contributed by atoms with van der Waals surface area (Å²) in [7, 11) is 0.579. The predicted molar refractivity (Wildman–Crippen MR) is 178 cm³/mol. The van der Waals surface area contributed by atoms with Gasteiger partial charge in [-0.05, 0) is 63.6 Å². The van der Waals surface area contributed by atoms with Crippen LogP contribution in [0.15, 0.2) is 24.5 Å². The van der Waals surface area contributed by atoms with Crippen LogP contribution in [0.1, 0.15) is 50.5 Å². The fraction of sp³-hybridized carbons (Fsp3) is 0.625. The van der Waals surface area contributed by atoms with Gasteiger partial charge < -0.3 is 25.0 Å². The molecule has 4 atom stereocenters. The molecule has 16 heteroatoms. The molecule has 0 saturated carbocycles. The Morgan fingerprint density at radius 2 is 1.75 bits per heavy atom. The number of aromatic nitrogens is 2. The Balaban J connectivity index is 0.952. The predicted octanol–water partition coefficient (Wildman–Crippen LogP) is 2.90. The number of anilines is 3. The molecule has 48 heavy (non-hydrogen) atoms. The Labute approximate surface area is 281 Å². The molecule has 3 N–H and O–H groups in total. The van der Waals surface area contributed by atoms with Gasteiger partial charge in [-0.3, -0.25) is 19.8 Å². The highest BCUT2D eigenvalue weighted by Crippen LogP contribution is 2.38. The summed E-state index contributed by atoms with van der Waals surface area (Å²) in [6.07, 6.45) is 7.92. The number of piperidine rings is 2. The number of hydrogen-bond acceptors (Lipinski definition) is 11. The number of piperazine rings is 1. The number of hydrogen-bond donors (Lipinski definition) is 3. The van der Waals surface area contributed by atoms with E-state index in [1.165, 1.54) is 12.4 Å². The fourth-order valence-corrected chi connectivity index (χ4v) is 8.56. The third kappa shape index (κ3) is 8.14. The van der Waals surface area contributed by atoms with E-state index in [4.69, 9.17) is 4.74 Å². The molecule has 4 fully saturated rings. The lowest BCUT2D eigenvalue weighted by molar-refractivity contribution is -0.133. The van der Waals surface area contributed by atoms with Crippen molar-refractivity contribution in [3.05, 3.63) is 30.1 Å². The molecule has 4 unspecified atom stereocenters. The van der Waals surface area contributed by atoms with Crippen molar-refractivity contribution >= 4 is 40.1 Å². The maximum Gasteiger partial charge on any atom is 0.387 e. The maximum absolute atomic E-state index is 13.2. The Kier molecular flexibility index (Phi) is 10.9. The van der Waals surface area contributed by atoms with Crippen LogP contribution < -0.4 is 30.3 Å². The van der Waals surface area contributed by atoms with Crippen molar-refractivity contribution in [1.29, 1.82) is 0 Å². The van der Waals surface area contributed by atoms with Crippen molar-refractivity contribution < 1.29 is 32.1 Å². The Hall–Kier alpha value is -3.63. The number of methoxy groups -OCH3 is 1. The van der Waals surface area contributed by atoms with Crippen LogP contribution in [0.3, 0.4) is 0 Å². The number of benzene rings is 1. The summed E-state index contributed by atoms with van der Waals surface area (Å²) in [6.45, 7) is 3.31. The molecule has 2 aromatic rings. The summed E-state index contributed by atoms with van der Waals surface area (Å²) in [4.78, 5) is 37.0. The van der Waals surface area contributed by atoms with E-state index in [9.17, 15) is 22.6 Å². The van der Waals surface area contributed by atoms with Crippen LogP contribution in [-0.2, 0) is 20.6 Å². The largest absolute Gasteiger partial charge is 0.495 e. The summed E-state index contributed by atoms with van der Waals surface area (Å²) in [5.74, 6) is 1.02. The monoisotopic (exact) mass is 690 g/mol. The molecule has 5 heterocycles. The highest BCUT2D eigenvalue weighted by atomic mass is 32.2. The first kappa shape index (κ1) is 34.2. The van der Waals surface area contributed by atoms with Gasteiger partial charge in [-0.15, -0.1) is 0 Å². The average molecular weight is 691 g/mol. The van der Waals surface area contributed by atoms with Gasteiger partial charge >= 0.3 is 6.61 Å². The van der Waals surface area contributed by atoms with E-state index in [0.29, 0.717) is 55.5 Å². The number of ether oxygens (including phenoxy) is 2. The van der Waals surface area contributed by atoms with Gasteiger partial charge in [0.25, 0.3) is 0 Å². The van der Waals surface area contributed by atoms with E-state index in [1.54, 1.807) is 7.11 Å². The van der Waals surface area contributed by atoms with Crippen molar-refractivity contribution in [2.45, 2.75) is 82.6 Å². The van der Waals surface area contributed by atoms with Gasteiger partial charge in [0.05, 0.1) is 36.2 Å². The lowest BCUT2D eigenvalue weighted by atomic mass is 10.0. The molecule has 1 aromatic heterocycles. The van der Waals surface area contributed by atoms with E-state index >= 15 is 0 Å². The Bertz CT molecular complexity index is 1470. The van der Waals surface area contributed by atoms with Crippen LogP contribution in [0.2, 0.25) is 0 Å². The minimum absolute atomic E-state index is 0.0840. The van der Waals surface area contributed by atoms with Crippen LogP contribution in [0.25, 0.3) is 0 Å². The summed E-state index contributed by atoms with van der Waals surface area (Å²) >= 11 is 0. The fourth-order valence-electron chi connectivity index (χ4n) is 7.31. The number of halogens is 2. The zero-order valence-corrected chi connectivity index (χ0v) is 28.1. The van der Waals surface area contributed by atoms with Gasteiger partial charge in [-0.1, -0.05) is 0 Å². The third-order valence-electron chi connectivity index (χ3n) is 9.72. The molecular weight excluding hydrogens is 646 g/mol. The number of carbonyl (C=O) groups excluding carboxylic acids is 2. The number of carbonyl (C=O) groups is 2. The Morgan fingerprint density at radius 3 is 2.40 bits per heavy atom. The highest BCUT2D eigenvalue weighted by Gasteiger charge is 2.40. The number of aryl methyl sites for hydroxylation is 1. The summed E-state index contributed by atoms with van der Waals surface area (Å²) in [5, 5.41) is 8.91. The lowest BCUT2D eigenvalue weighted by Crippen LogP contribution is -2.54. The smallest absolute Gasteiger partial charge is 0.387 e. The molecule has 13 nitrogen and oxygen atoms in total. The van der Waals surface area contributed by atoms with E-state index in [2.05, 4.69) is 53.4 Å². The van der Waals surface area contributed by atoms with Crippen LogP contribution in [0.4, 0.5) is 26.1 Å². The number of rotatable bonds is 13. The molecule has 2 amide bonds. The zero-order chi connectivity index (χ0) is 33.8. The number of alkyl halides is 2. The van der Waals surface area contributed by atoms with Crippen molar-refractivity contribution in [2.75, 3.05) is 61.1 Å². The molecule has 1 aromatic carbocycles. The molecule has 0 aliphatic carbocycles. The molecule has 2 bridgehead atoms. The van der Waals surface area contributed by atoms with Crippen LogP contribution in [0, 0.1) is 6.92 Å². The highest BCUT2D eigenvalue weighted by molar-refractivity contribution is 7.82. The average Bonchev–Trinajstić information content (AvgIpc) is 3.29. The standard InChI is InChI=1S/C32H44F2N8O5S/c1-20-14-26(38-25-6-7-29(43)39-30(25)44)28(46-2)15-27(20)40-18-22-4-5-23(19-40)42(22)10-3-13-48(45)41-11-8-21(9-12-41)37-32-35-16-24(17-36-32)47-31(33)34/h14-17,21-23,25,31,38H,3-13,18-19H2,1-2H3,(H,35,36,37)(H,39,43,44). The van der Waals surface area contributed by atoms with Gasteiger partial charge in [0.15, 0.2) is 5.75 Å². The summed E-state index contributed by atoms with van der Waals surface area (Å²) in [5.41, 5.74) is 2.96.